The number of carboxylic acids is 1. The third kappa shape index (κ3) is 2.02. The largest absolute Gasteiger partial charge is 0.480 e. The highest BCUT2D eigenvalue weighted by molar-refractivity contribution is 5.78. The minimum absolute atomic E-state index is 0.441. The second-order valence-electron chi connectivity index (χ2n) is 3.87. The van der Waals surface area contributed by atoms with Gasteiger partial charge in [-0.2, -0.15) is 0 Å². The maximum absolute atomic E-state index is 11.1. The molecule has 0 aliphatic heterocycles. The van der Waals surface area contributed by atoms with Crippen LogP contribution in [-0.2, 0) is 4.79 Å². The van der Waals surface area contributed by atoms with Crippen molar-refractivity contribution in [2.24, 2.45) is 0 Å². The molecule has 0 aromatic carbocycles. The summed E-state index contributed by atoms with van der Waals surface area (Å²) < 4.78 is 0. The maximum Gasteiger partial charge on any atom is 0.323 e. The molecular weight excluding hydrogens is 166 g/mol. The van der Waals surface area contributed by atoms with Crippen LogP contribution in [0.15, 0.2) is 0 Å². The minimum atomic E-state index is -0.704. The Morgan fingerprint density at radius 2 is 2.00 bits per heavy atom. The summed E-state index contributed by atoms with van der Waals surface area (Å²) >= 11 is 0. The standard InChI is InChI=1S/C10H19NO2/c1-3-10(4-2,9(12)13)11-8-6-5-7-8/h8,11H,3-7H2,1-2H3,(H,12,13). The van der Waals surface area contributed by atoms with Crippen LogP contribution in [0.1, 0.15) is 46.0 Å². The van der Waals surface area contributed by atoms with Gasteiger partial charge < -0.3 is 5.11 Å². The lowest BCUT2D eigenvalue weighted by Gasteiger charge is -2.37. The Balaban J connectivity index is 2.58. The van der Waals surface area contributed by atoms with Gasteiger partial charge in [-0.3, -0.25) is 10.1 Å². The molecule has 1 saturated carbocycles. The number of carboxylic acid groups (broad SMARTS) is 1. The fourth-order valence-electron chi connectivity index (χ4n) is 1.76. The van der Waals surface area contributed by atoms with Gasteiger partial charge in [-0.15, -0.1) is 0 Å². The summed E-state index contributed by atoms with van der Waals surface area (Å²) in [4.78, 5) is 11.1. The summed E-state index contributed by atoms with van der Waals surface area (Å²) in [5.74, 6) is -0.704. The van der Waals surface area contributed by atoms with Gasteiger partial charge in [0.25, 0.3) is 0 Å². The molecule has 0 bridgehead atoms. The summed E-state index contributed by atoms with van der Waals surface area (Å²) in [6, 6.07) is 0.441. The van der Waals surface area contributed by atoms with Crippen molar-refractivity contribution < 1.29 is 9.90 Å². The average molecular weight is 185 g/mol. The fourth-order valence-corrected chi connectivity index (χ4v) is 1.76. The monoisotopic (exact) mass is 185 g/mol. The lowest BCUT2D eigenvalue weighted by Crippen LogP contribution is -2.56. The molecule has 1 aliphatic carbocycles. The normalized spacial score (nSPS) is 18.3. The van der Waals surface area contributed by atoms with Gasteiger partial charge in [-0.05, 0) is 25.7 Å². The van der Waals surface area contributed by atoms with Gasteiger partial charge in [0.1, 0.15) is 5.54 Å². The Kier molecular flexibility index (Phi) is 3.31. The summed E-state index contributed by atoms with van der Waals surface area (Å²) in [5.41, 5.74) is -0.676. The van der Waals surface area contributed by atoms with Crippen LogP contribution in [0.4, 0.5) is 0 Å². The molecule has 1 fully saturated rings. The summed E-state index contributed by atoms with van der Waals surface area (Å²) in [6.45, 7) is 3.87. The minimum Gasteiger partial charge on any atom is -0.480 e. The molecule has 0 unspecified atom stereocenters. The smallest absolute Gasteiger partial charge is 0.323 e. The SMILES string of the molecule is CCC(CC)(NC1CCC1)C(=O)O. The third-order valence-corrected chi connectivity index (χ3v) is 3.20. The molecule has 3 heteroatoms. The highest BCUT2D eigenvalue weighted by Crippen LogP contribution is 2.24. The topological polar surface area (TPSA) is 49.3 Å². The van der Waals surface area contributed by atoms with Crippen LogP contribution in [0.25, 0.3) is 0 Å². The lowest BCUT2D eigenvalue weighted by atomic mass is 9.86. The number of carbonyl (C=O) groups is 1. The van der Waals surface area contributed by atoms with Crippen LogP contribution in [-0.4, -0.2) is 22.7 Å². The van der Waals surface area contributed by atoms with Gasteiger partial charge in [0, 0.05) is 6.04 Å². The van der Waals surface area contributed by atoms with Gasteiger partial charge in [0.2, 0.25) is 0 Å². The summed E-state index contributed by atoms with van der Waals surface area (Å²) in [5, 5.41) is 12.4. The number of hydrogen-bond acceptors (Lipinski definition) is 2. The zero-order valence-electron chi connectivity index (χ0n) is 8.47. The molecule has 0 radical (unpaired) electrons. The molecule has 0 atom stereocenters. The van der Waals surface area contributed by atoms with Crippen LogP contribution in [0.3, 0.4) is 0 Å². The van der Waals surface area contributed by atoms with Crippen molar-refractivity contribution in [1.29, 1.82) is 0 Å². The molecule has 0 amide bonds. The Labute approximate surface area is 79.5 Å². The predicted molar refractivity (Wildman–Crippen MR) is 51.7 cm³/mol. The van der Waals surface area contributed by atoms with Crippen molar-refractivity contribution in [1.82, 2.24) is 5.32 Å². The molecule has 2 N–H and O–H groups in total. The van der Waals surface area contributed by atoms with Crippen LogP contribution < -0.4 is 5.32 Å². The van der Waals surface area contributed by atoms with Gasteiger partial charge in [-0.1, -0.05) is 20.3 Å². The second-order valence-corrected chi connectivity index (χ2v) is 3.87. The maximum atomic E-state index is 11.1. The van der Waals surface area contributed by atoms with E-state index in [1.807, 2.05) is 13.8 Å². The molecule has 0 saturated heterocycles. The van der Waals surface area contributed by atoms with E-state index in [1.165, 1.54) is 6.42 Å². The Morgan fingerprint density at radius 3 is 2.23 bits per heavy atom. The van der Waals surface area contributed by atoms with Crippen molar-refractivity contribution in [3.8, 4) is 0 Å². The van der Waals surface area contributed by atoms with Crippen molar-refractivity contribution in [2.75, 3.05) is 0 Å². The van der Waals surface area contributed by atoms with Gasteiger partial charge in [0.15, 0.2) is 0 Å². The number of nitrogens with one attached hydrogen (secondary N) is 1. The van der Waals surface area contributed by atoms with E-state index in [-0.39, 0.29) is 0 Å². The van der Waals surface area contributed by atoms with Gasteiger partial charge in [0.05, 0.1) is 0 Å². The van der Waals surface area contributed by atoms with Gasteiger partial charge >= 0.3 is 5.97 Å². The average Bonchev–Trinajstić information content (AvgIpc) is 2.04. The predicted octanol–water partition coefficient (Wildman–Crippen LogP) is 1.77. The molecule has 0 aromatic heterocycles. The van der Waals surface area contributed by atoms with Gasteiger partial charge in [-0.25, -0.2) is 0 Å². The first-order valence-electron chi connectivity index (χ1n) is 5.15. The van der Waals surface area contributed by atoms with E-state index in [0.29, 0.717) is 18.9 Å². The summed E-state index contributed by atoms with van der Waals surface area (Å²) in [7, 11) is 0. The molecule has 13 heavy (non-hydrogen) atoms. The van der Waals surface area contributed by atoms with E-state index in [1.54, 1.807) is 0 Å². The van der Waals surface area contributed by atoms with E-state index in [9.17, 15) is 4.79 Å². The molecule has 1 aliphatic rings. The van der Waals surface area contributed by atoms with Crippen LogP contribution in [0.5, 0.6) is 0 Å². The van der Waals surface area contributed by atoms with E-state index in [2.05, 4.69) is 5.32 Å². The molecular formula is C10H19NO2. The quantitative estimate of drug-likeness (QED) is 0.686. The summed E-state index contributed by atoms with van der Waals surface area (Å²) in [6.07, 6.45) is 4.83. The fraction of sp³-hybridized carbons (Fsp3) is 0.900. The van der Waals surface area contributed by atoms with Crippen LogP contribution >= 0.6 is 0 Å². The van der Waals surface area contributed by atoms with E-state index < -0.39 is 11.5 Å². The van der Waals surface area contributed by atoms with Crippen LogP contribution in [0, 0.1) is 0 Å². The van der Waals surface area contributed by atoms with E-state index in [0.717, 1.165) is 12.8 Å². The van der Waals surface area contributed by atoms with E-state index >= 15 is 0 Å². The Bertz CT molecular complexity index is 183. The first kappa shape index (κ1) is 10.5. The zero-order valence-corrected chi connectivity index (χ0v) is 8.47. The first-order valence-corrected chi connectivity index (χ1v) is 5.15. The van der Waals surface area contributed by atoms with Crippen molar-refractivity contribution in [3.63, 3.8) is 0 Å². The second kappa shape index (κ2) is 4.09. The Hall–Kier alpha value is -0.570. The molecule has 0 heterocycles. The number of aliphatic carboxylic acids is 1. The molecule has 3 nitrogen and oxygen atoms in total. The number of hydrogen-bond donors (Lipinski definition) is 2. The molecule has 0 aromatic rings. The van der Waals surface area contributed by atoms with E-state index in [4.69, 9.17) is 5.11 Å². The Morgan fingerprint density at radius 1 is 1.46 bits per heavy atom. The molecule has 0 spiro atoms. The molecule has 76 valence electrons. The zero-order chi connectivity index (χ0) is 9.90. The lowest BCUT2D eigenvalue weighted by molar-refractivity contribution is -0.146. The van der Waals surface area contributed by atoms with Crippen molar-refractivity contribution >= 4 is 5.97 Å². The molecule has 1 rings (SSSR count). The highest BCUT2D eigenvalue weighted by atomic mass is 16.4. The highest BCUT2D eigenvalue weighted by Gasteiger charge is 2.37. The third-order valence-electron chi connectivity index (χ3n) is 3.20. The van der Waals surface area contributed by atoms with Crippen molar-refractivity contribution in [2.45, 2.75) is 57.5 Å². The van der Waals surface area contributed by atoms with Crippen molar-refractivity contribution in [3.05, 3.63) is 0 Å². The van der Waals surface area contributed by atoms with Crippen LogP contribution in [0.2, 0.25) is 0 Å². The first-order chi connectivity index (χ1) is 6.14. The number of rotatable bonds is 5.